The molecule has 0 bridgehead atoms. The summed E-state index contributed by atoms with van der Waals surface area (Å²) in [5, 5.41) is 3.68. The number of azide groups is 1. The van der Waals surface area contributed by atoms with Crippen LogP contribution < -0.4 is 0 Å². The topological polar surface area (TPSA) is 53.7 Å². The number of fused-ring (bicyclic) bond motifs is 3. The number of halogens is 1. The highest BCUT2D eigenvalue weighted by Gasteiger charge is 2.22. The lowest BCUT2D eigenvalue weighted by molar-refractivity contribution is 0.593. The van der Waals surface area contributed by atoms with E-state index in [2.05, 4.69) is 16.1 Å². The Labute approximate surface area is 110 Å². The fourth-order valence-electron chi connectivity index (χ4n) is 2.68. The Morgan fingerprint density at radius 2 is 2.26 bits per heavy atom. The summed E-state index contributed by atoms with van der Waals surface area (Å²) in [6.07, 6.45) is 2.82. The average Bonchev–Trinajstić information content (AvgIpc) is 2.90. The van der Waals surface area contributed by atoms with E-state index >= 15 is 0 Å². The van der Waals surface area contributed by atoms with Crippen molar-refractivity contribution in [1.82, 2.24) is 4.57 Å². The summed E-state index contributed by atoms with van der Waals surface area (Å²) in [5.74, 6) is -0.220. The summed E-state index contributed by atoms with van der Waals surface area (Å²) in [4.78, 5) is 2.82. The normalized spacial score (nSPS) is 13.6. The number of benzene rings is 1. The van der Waals surface area contributed by atoms with Crippen molar-refractivity contribution in [2.75, 3.05) is 0 Å². The molecule has 1 heterocycles. The molecule has 4 nitrogen and oxygen atoms in total. The molecule has 0 amide bonds. The Balaban J connectivity index is 2.02. The van der Waals surface area contributed by atoms with Crippen LogP contribution in [0.4, 0.5) is 4.39 Å². The lowest BCUT2D eigenvalue weighted by Gasteiger charge is -2.11. The summed E-state index contributed by atoms with van der Waals surface area (Å²) in [7, 11) is 0. The van der Waals surface area contributed by atoms with E-state index in [1.165, 1.54) is 11.6 Å². The molecule has 0 aliphatic heterocycles. The van der Waals surface area contributed by atoms with Gasteiger partial charge in [-0.2, -0.15) is 0 Å². The maximum atomic E-state index is 13.4. The van der Waals surface area contributed by atoms with E-state index in [-0.39, 0.29) is 11.9 Å². The van der Waals surface area contributed by atoms with Crippen LogP contribution in [0.15, 0.2) is 35.6 Å². The van der Waals surface area contributed by atoms with Gasteiger partial charge < -0.3 is 4.57 Å². The van der Waals surface area contributed by atoms with Crippen molar-refractivity contribution >= 4 is 0 Å². The minimum absolute atomic E-state index is 0.126. The van der Waals surface area contributed by atoms with Crippen molar-refractivity contribution in [3.63, 3.8) is 0 Å². The van der Waals surface area contributed by atoms with Gasteiger partial charge in [0.15, 0.2) is 0 Å². The van der Waals surface area contributed by atoms with Gasteiger partial charge in [0.05, 0.1) is 11.7 Å². The fourth-order valence-corrected chi connectivity index (χ4v) is 2.68. The van der Waals surface area contributed by atoms with E-state index < -0.39 is 0 Å². The van der Waals surface area contributed by atoms with Crippen LogP contribution in [0.1, 0.15) is 18.1 Å². The highest BCUT2D eigenvalue weighted by Crippen LogP contribution is 2.37. The zero-order valence-corrected chi connectivity index (χ0v) is 10.5. The monoisotopic (exact) mass is 256 g/mol. The summed E-state index contributed by atoms with van der Waals surface area (Å²) in [6.45, 7) is 2.48. The van der Waals surface area contributed by atoms with Crippen LogP contribution in [-0.4, -0.2) is 10.6 Å². The second kappa shape index (κ2) is 4.44. The summed E-state index contributed by atoms with van der Waals surface area (Å²) >= 11 is 0. The van der Waals surface area contributed by atoms with Crippen molar-refractivity contribution in [2.45, 2.75) is 25.9 Å². The Kier molecular flexibility index (Phi) is 2.76. The number of aromatic nitrogens is 1. The molecule has 0 saturated heterocycles. The Hall–Kier alpha value is -2.26. The Morgan fingerprint density at radius 1 is 1.42 bits per heavy atom. The van der Waals surface area contributed by atoms with Crippen LogP contribution in [0.25, 0.3) is 21.7 Å². The third-order valence-electron chi connectivity index (χ3n) is 3.46. The molecule has 5 heteroatoms. The van der Waals surface area contributed by atoms with Crippen LogP contribution in [0.3, 0.4) is 0 Å². The highest BCUT2D eigenvalue weighted by atomic mass is 19.1. The predicted molar refractivity (Wildman–Crippen MR) is 71.2 cm³/mol. The van der Waals surface area contributed by atoms with E-state index in [1.54, 1.807) is 6.07 Å². The van der Waals surface area contributed by atoms with Gasteiger partial charge in [0.1, 0.15) is 5.82 Å². The van der Waals surface area contributed by atoms with Crippen LogP contribution in [0, 0.1) is 5.82 Å². The largest absolute Gasteiger partial charge is 0.347 e. The lowest BCUT2D eigenvalue weighted by Crippen LogP contribution is -2.09. The Morgan fingerprint density at radius 3 is 3.05 bits per heavy atom. The lowest BCUT2D eigenvalue weighted by atomic mass is 10.1. The van der Waals surface area contributed by atoms with E-state index in [1.807, 2.05) is 23.8 Å². The van der Waals surface area contributed by atoms with Crippen molar-refractivity contribution in [2.24, 2.45) is 5.11 Å². The average molecular weight is 256 g/mol. The molecule has 2 aromatic rings. The number of hydrogen-bond donors (Lipinski definition) is 0. The maximum absolute atomic E-state index is 13.4. The molecule has 1 aliphatic carbocycles. The first-order valence-electron chi connectivity index (χ1n) is 6.20. The molecule has 0 N–H and O–H groups in total. The second-order valence-electron chi connectivity index (χ2n) is 4.87. The van der Waals surface area contributed by atoms with Gasteiger partial charge in [0.25, 0.3) is 0 Å². The Bertz CT molecular complexity index is 683. The molecule has 96 valence electrons. The number of rotatable bonds is 3. The predicted octanol–water partition coefficient (Wildman–Crippen LogP) is 3.90. The molecule has 19 heavy (non-hydrogen) atoms. The van der Waals surface area contributed by atoms with Crippen LogP contribution in [0.5, 0.6) is 0 Å². The molecular formula is C14H13FN4. The van der Waals surface area contributed by atoms with E-state index in [0.717, 1.165) is 23.2 Å². The SMILES string of the molecule is CC(Cn1ccc2c1-c1cc(F)ccc1C2)N=[N+]=[N-]. The smallest absolute Gasteiger partial charge is 0.123 e. The van der Waals surface area contributed by atoms with Gasteiger partial charge in [-0.25, -0.2) is 4.39 Å². The molecule has 0 saturated carbocycles. The zero-order chi connectivity index (χ0) is 13.4. The standard InChI is InChI=1S/C14H13FN4/c1-9(17-18-16)8-19-5-4-11-6-10-2-3-12(15)7-13(10)14(11)19/h2-5,7,9H,6,8H2,1H3. The second-order valence-corrected chi connectivity index (χ2v) is 4.87. The molecular weight excluding hydrogens is 243 g/mol. The van der Waals surface area contributed by atoms with Crippen molar-refractivity contribution < 1.29 is 4.39 Å². The third-order valence-corrected chi connectivity index (χ3v) is 3.46. The van der Waals surface area contributed by atoms with E-state index in [0.29, 0.717) is 6.54 Å². The van der Waals surface area contributed by atoms with Gasteiger partial charge in [0, 0.05) is 29.6 Å². The van der Waals surface area contributed by atoms with Gasteiger partial charge in [0.2, 0.25) is 0 Å². The molecule has 1 aromatic carbocycles. The number of nitrogens with zero attached hydrogens (tertiary/aromatic N) is 4. The van der Waals surface area contributed by atoms with Gasteiger partial charge in [-0.05, 0) is 34.9 Å². The zero-order valence-electron chi connectivity index (χ0n) is 10.5. The van der Waals surface area contributed by atoms with Gasteiger partial charge in [-0.3, -0.25) is 0 Å². The molecule has 1 aliphatic rings. The maximum Gasteiger partial charge on any atom is 0.123 e. The molecule has 3 rings (SSSR count). The molecule has 1 aromatic heterocycles. The fraction of sp³-hybridized carbons (Fsp3) is 0.286. The van der Waals surface area contributed by atoms with Crippen LogP contribution in [0.2, 0.25) is 0 Å². The molecule has 0 spiro atoms. The first kappa shape index (κ1) is 11.8. The van der Waals surface area contributed by atoms with Crippen LogP contribution >= 0.6 is 0 Å². The highest BCUT2D eigenvalue weighted by molar-refractivity contribution is 5.74. The molecule has 0 radical (unpaired) electrons. The summed E-state index contributed by atoms with van der Waals surface area (Å²) in [5.41, 5.74) is 12.8. The minimum Gasteiger partial charge on any atom is -0.347 e. The first-order valence-corrected chi connectivity index (χ1v) is 6.20. The van der Waals surface area contributed by atoms with Gasteiger partial charge in [-0.15, -0.1) is 0 Å². The van der Waals surface area contributed by atoms with Crippen molar-refractivity contribution in [1.29, 1.82) is 0 Å². The first-order chi connectivity index (χ1) is 9.19. The van der Waals surface area contributed by atoms with Gasteiger partial charge in [-0.1, -0.05) is 18.1 Å². The molecule has 1 atom stereocenters. The van der Waals surface area contributed by atoms with Crippen molar-refractivity contribution in [3.05, 3.63) is 57.8 Å². The summed E-state index contributed by atoms with van der Waals surface area (Å²) in [6, 6.07) is 6.84. The van der Waals surface area contributed by atoms with Gasteiger partial charge >= 0.3 is 0 Å². The third kappa shape index (κ3) is 1.98. The van der Waals surface area contributed by atoms with E-state index in [4.69, 9.17) is 5.53 Å². The summed E-state index contributed by atoms with van der Waals surface area (Å²) < 4.78 is 15.4. The molecule has 0 fully saturated rings. The van der Waals surface area contributed by atoms with E-state index in [9.17, 15) is 4.39 Å². The minimum atomic E-state index is -0.220. The van der Waals surface area contributed by atoms with Crippen LogP contribution in [-0.2, 0) is 13.0 Å². The molecule has 1 unspecified atom stereocenters. The van der Waals surface area contributed by atoms with Crippen molar-refractivity contribution in [3.8, 4) is 11.3 Å². The number of hydrogen-bond acceptors (Lipinski definition) is 1. The quantitative estimate of drug-likeness (QED) is 0.388.